The van der Waals surface area contributed by atoms with Crippen LogP contribution < -0.4 is 5.32 Å². The Morgan fingerprint density at radius 1 is 1.09 bits per heavy atom. The summed E-state index contributed by atoms with van der Waals surface area (Å²) in [6.07, 6.45) is 3.66. The minimum absolute atomic E-state index is 0.0428. The van der Waals surface area contributed by atoms with Crippen LogP contribution in [-0.2, 0) is 17.4 Å². The van der Waals surface area contributed by atoms with Gasteiger partial charge in [0.05, 0.1) is 28.8 Å². The molecule has 0 bridgehead atoms. The molecule has 0 radical (unpaired) electrons. The number of hydrogen-bond acceptors (Lipinski definition) is 9. The molecule has 0 aliphatic carbocycles. The van der Waals surface area contributed by atoms with Gasteiger partial charge in [-0.3, -0.25) is 9.48 Å². The van der Waals surface area contributed by atoms with Crippen molar-refractivity contribution in [3.05, 3.63) is 60.2 Å². The first-order valence-corrected chi connectivity index (χ1v) is 10.9. The number of hydrogen-bond donors (Lipinski definition) is 2. The number of anilines is 1. The lowest BCUT2D eigenvalue weighted by atomic mass is 9.98. The number of carbonyl (C=O) groups is 1. The molecule has 4 aromatic rings. The number of likely N-dealkylation sites (N-methyl/N-ethyl adjacent to an activating group) is 1. The van der Waals surface area contributed by atoms with Gasteiger partial charge in [-0.25, -0.2) is 15.0 Å². The number of aryl methyl sites for hydroxylation is 1. The van der Waals surface area contributed by atoms with Crippen molar-refractivity contribution in [2.45, 2.75) is 25.0 Å². The van der Waals surface area contributed by atoms with E-state index >= 15 is 0 Å². The Balaban J connectivity index is 1.39. The average Bonchev–Trinajstić information content (AvgIpc) is 3.57. The topological polar surface area (TPSA) is 135 Å². The molecular weight excluding hydrogens is 436 g/mol. The van der Waals surface area contributed by atoms with E-state index in [1.54, 1.807) is 42.3 Å². The van der Waals surface area contributed by atoms with Crippen LogP contribution in [0.2, 0.25) is 0 Å². The zero-order valence-electron chi connectivity index (χ0n) is 19.0. The number of nitrogens with zero attached hydrogens (tertiary/aromatic N) is 7. The molecule has 34 heavy (non-hydrogen) atoms. The van der Waals surface area contributed by atoms with Gasteiger partial charge in [-0.2, -0.15) is 5.10 Å². The van der Waals surface area contributed by atoms with E-state index in [-0.39, 0.29) is 18.2 Å². The third kappa shape index (κ3) is 3.79. The fourth-order valence-electron chi connectivity index (χ4n) is 4.04. The third-order valence-corrected chi connectivity index (χ3v) is 6.00. The molecule has 1 saturated heterocycles. The summed E-state index contributed by atoms with van der Waals surface area (Å²) in [4.78, 5) is 27.4. The molecule has 1 amide bonds. The van der Waals surface area contributed by atoms with E-state index in [4.69, 9.17) is 4.52 Å². The quantitative estimate of drug-likeness (QED) is 0.444. The molecule has 5 rings (SSSR count). The van der Waals surface area contributed by atoms with Crippen LogP contribution in [0.4, 0.5) is 5.95 Å². The maximum atomic E-state index is 12.4. The van der Waals surface area contributed by atoms with Crippen molar-refractivity contribution < 1.29 is 14.4 Å². The van der Waals surface area contributed by atoms with Gasteiger partial charge in [-0.1, -0.05) is 11.2 Å². The number of nitrogens with one attached hydrogen (secondary N) is 1. The maximum absolute atomic E-state index is 12.4. The summed E-state index contributed by atoms with van der Waals surface area (Å²) in [7, 11) is 3.53. The zero-order valence-corrected chi connectivity index (χ0v) is 19.0. The molecule has 0 saturated carbocycles. The molecule has 11 nitrogen and oxygen atoms in total. The standard InChI is InChI=1S/C23H24N8O3/c1-14(19-8-11-25-31(19)3)26-22-24-10-7-17(28-22)15-5-4-6-16(27-15)18-13-20(34-29-18)23(33)9-12-30(2)21(23)32/h4-8,10-11,13-14,33H,9,12H2,1-3H3,(H,24,26,28). The summed E-state index contributed by atoms with van der Waals surface area (Å²) in [6.45, 7) is 2.46. The number of pyridine rings is 1. The van der Waals surface area contributed by atoms with Gasteiger partial charge in [0, 0.05) is 45.5 Å². The number of likely N-dealkylation sites (tertiary alicyclic amines) is 1. The Hall–Kier alpha value is -4.12. The Bertz CT molecular complexity index is 1350. The number of amides is 1. The van der Waals surface area contributed by atoms with Gasteiger partial charge in [0.1, 0.15) is 5.69 Å². The van der Waals surface area contributed by atoms with E-state index in [9.17, 15) is 9.90 Å². The smallest absolute Gasteiger partial charge is 0.262 e. The highest BCUT2D eigenvalue weighted by atomic mass is 16.5. The van der Waals surface area contributed by atoms with Gasteiger partial charge in [0.15, 0.2) is 5.76 Å². The summed E-state index contributed by atoms with van der Waals surface area (Å²) in [6, 6.07) is 10.7. The lowest BCUT2D eigenvalue weighted by Gasteiger charge is -2.16. The Kier molecular flexibility index (Phi) is 5.33. The average molecular weight is 460 g/mol. The molecule has 11 heteroatoms. The van der Waals surface area contributed by atoms with Crippen LogP contribution in [0.15, 0.2) is 53.3 Å². The first-order chi connectivity index (χ1) is 16.3. The van der Waals surface area contributed by atoms with E-state index in [2.05, 4.69) is 30.5 Å². The second-order valence-corrected chi connectivity index (χ2v) is 8.33. The summed E-state index contributed by atoms with van der Waals surface area (Å²) in [5, 5.41) is 22.3. The highest BCUT2D eigenvalue weighted by molar-refractivity contribution is 5.87. The van der Waals surface area contributed by atoms with Gasteiger partial charge in [-0.05, 0) is 31.2 Å². The van der Waals surface area contributed by atoms with Crippen LogP contribution in [0.3, 0.4) is 0 Å². The van der Waals surface area contributed by atoms with Crippen molar-refractivity contribution in [2.24, 2.45) is 7.05 Å². The van der Waals surface area contributed by atoms with Gasteiger partial charge in [0.2, 0.25) is 11.5 Å². The van der Waals surface area contributed by atoms with E-state index in [1.165, 1.54) is 4.90 Å². The van der Waals surface area contributed by atoms with Crippen molar-refractivity contribution in [1.82, 2.24) is 34.8 Å². The predicted molar refractivity (Wildman–Crippen MR) is 122 cm³/mol. The molecular formula is C23H24N8O3. The molecule has 1 aliphatic heterocycles. The fraction of sp³-hybridized carbons (Fsp3) is 0.304. The third-order valence-electron chi connectivity index (χ3n) is 6.00. The van der Waals surface area contributed by atoms with Crippen molar-refractivity contribution in [3.8, 4) is 22.8 Å². The molecule has 2 unspecified atom stereocenters. The van der Waals surface area contributed by atoms with Crippen LogP contribution in [0, 0.1) is 0 Å². The van der Waals surface area contributed by atoms with Crippen molar-refractivity contribution >= 4 is 11.9 Å². The summed E-state index contributed by atoms with van der Waals surface area (Å²) in [5.41, 5.74) is 1.51. The van der Waals surface area contributed by atoms with Crippen molar-refractivity contribution in [1.29, 1.82) is 0 Å². The Labute approximate surface area is 195 Å². The highest BCUT2D eigenvalue weighted by Crippen LogP contribution is 2.34. The number of aliphatic hydroxyl groups is 1. The minimum Gasteiger partial charge on any atom is -0.373 e. The number of rotatable bonds is 6. The normalized spacial score (nSPS) is 18.9. The molecule has 0 spiro atoms. The SMILES string of the molecule is CC(Nc1nccc(-c2cccc(-c3cc(C4(O)CCN(C)C4=O)on3)n2)n1)c1ccnn1C. The van der Waals surface area contributed by atoms with Gasteiger partial charge in [0.25, 0.3) is 5.91 Å². The zero-order chi connectivity index (χ0) is 23.9. The lowest BCUT2D eigenvalue weighted by molar-refractivity contribution is -0.144. The monoisotopic (exact) mass is 460 g/mol. The van der Waals surface area contributed by atoms with Crippen LogP contribution in [-0.4, -0.2) is 59.4 Å². The van der Waals surface area contributed by atoms with Crippen LogP contribution in [0.1, 0.15) is 30.8 Å². The van der Waals surface area contributed by atoms with Crippen LogP contribution in [0.5, 0.6) is 0 Å². The van der Waals surface area contributed by atoms with Crippen molar-refractivity contribution in [3.63, 3.8) is 0 Å². The largest absolute Gasteiger partial charge is 0.373 e. The van der Waals surface area contributed by atoms with E-state index in [0.29, 0.717) is 35.3 Å². The van der Waals surface area contributed by atoms with E-state index in [0.717, 1.165) is 5.69 Å². The second-order valence-electron chi connectivity index (χ2n) is 8.33. The molecule has 2 atom stereocenters. The molecule has 4 aromatic heterocycles. The minimum atomic E-state index is -1.70. The number of aromatic nitrogens is 6. The molecule has 174 valence electrons. The van der Waals surface area contributed by atoms with Crippen molar-refractivity contribution in [2.75, 3.05) is 18.9 Å². The fourth-order valence-corrected chi connectivity index (χ4v) is 4.04. The molecule has 1 aliphatic rings. The lowest BCUT2D eigenvalue weighted by Crippen LogP contribution is -2.35. The molecule has 2 N–H and O–H groups in total. The molecule has 1 fully saturated rings. The first-order valence-electron chi connectivity index (χ1n) is 10.9. The van der Waals surface area contributed by atoms with Crippen LogP contribution in [0.25, 0.3) is 22.8 Å². The maximum Gasteiger partial charge on any atom is 0.262 e. The van der Waals surface area contributed by atoms with Gasteiger partial charge < -0.3 is 19.8 Å². The summed E-state index contributed by atoms with van der Waals surface area (Å²) >= 11 is 0. The van der Waals surface area contributed by atoms with Gasteiger partial charge in [-0.15, -0.1) is 0 Å². The predicted octanol–water partition coefficient (Wildman–Crippen LogP) is 2.15. The summed E-state index contributed by atoms with van der Waals surface area (Å²) in [5.74, 6) is 0.174. The van der Waals surface area contributed by atoms with E-state index < -0.39 is 11.5 Å². The Morgan fingerprint density at radius 2 is 1.85 bits per heavy atom. The summed E-state index contributed by atoms with van der Waals surface area (Å²) < 4.78 is 7.15. The molecule has 5 heterocycles. The number of carbonyl (C=O) groups excluding carboxylic acids is 1. The second kappa shape index (κ2) is 8.34. The molecule has 0 aromatic carbocycles. The van der Waals surface area contributed by atoms with Gasteiger partial charge >= 0.3 is 0 Å². The highest BCUT2D eigenvalue weighted by Gasteiger charge is 2.48. The Morgan fingerprint density at radius 3 is 2.56 bits per heavy atom. The first kappa shape index (κ1) is 21.7. The van der Waals surface area contributed by atoms with E-state index in [1.807, 2.05) is 32.2 Å². The van der Waals surface area contributed by atoms with Crippen LogP contribution >= 0.6 is 0 Å².